The maximum absolute atomic E-state index is 5.76. The summed E-state index contributed by atoms with van der Waals surface area (Å²) in [6.07, 6.45) is 0.912. The molecular weight excluding hydrogens is 196 g/mol. The molecule has 2 N–H and O–H groups in total. The van der Waals surface area contributed by atoms with Crippen LogP contribution in [-0.2, 0) is 10.3 Å². The van der Waals surface area contributed by atoms with E-state index in [1.165, 1.54) is 0 Å². The lowest BCUT2D eigenvalue weighted by Gasteiger charge is -2.23. The highest BCUT2D eigenvalue weighted by Gasteiger charge is 2.27. The van der Waals surface area contributed by atoms with Crippen molar-refractivity contribution in [1.82, 2.24) is 4.98 Å². The Morgan fingerprint density at radius 3 is 2.71 bits per heavy atom. The molecule has 0 aliphatic rings. The number of rotatable bonds is 4. The van der Waals surface area contributed by atoms with Gasteiger partial charge in [-0.25, -0.2) is 4.98 Å². The van der Waals surface area contributed by atoms with Crippen molar-refractivity contribution in [3.63, 3.8) is 0 Å². The van der Waals surface area contributed by atoms with Gasteiger partial charge in [-0.3, -0.25) is 0 Å². The third-order valence-corrected chi connectivity index (χ3v) is 3.67. The van der Waals surface area contributed by atoms with Crippen molar-refractivity contribution in [3.05, 3.63) is 16.1 Å². The van der Waals surface area contributed by atoms with Crippen LogP contribution in [0.5, 0.6) is 0 Å². The van der Waals surface area contributed by atoms with Gasteiger partial charge in [0.05, 0.1) is 5.69 Å². The van der Waals surface area contributed by atoms with Gasteiger partial charge in [0.2, 0.25) is 0 Å². The minimum atomic E-state index is -0.266. The molecule has 0 radical (unpaired) electrons. The van der Waals surface area contributed by atoms with Gasteiger partial charge in [0, 0.05) is 18.5 Å². The first-order valence-corrected chi connectivity index (χ1v) is 5.68. The van der Waals surface area contributed by atoms with E-state index >= 15 is 0 Å². The molecule has 0 bridgehead atoms. The highest BCUT2D eigenvalue weighted by Crippen LogP contribution is 2.31. The molecule has 0 aliphatic heterocycles. The Hall–Kier alpha value is -0.450. The van der Waals surface area contributed by atoms with E-state index in [2.05, 4.69) is 18.8 Å². The lowest BCUT2D eigenvalue weighted by atomic mass is 10.1. The molecule has 0 amide bonds. The third-order valence-electron chi connectivity index (χ3n) is 2.57. The number of ether oxygens (including phenoxy) is 1. The standard InChI is InChI=1S/C10H18N2OS/c1-5-10(3,13-4)9-12-8(6-14-9)7(2)11/h6-7H,5,11H2,1-4H3. The van der Waals surface area contributed by atoms with Gasteiger partial charge in [0.1, 0.15) is 10.6 Å². The Labute approximate surface area is 89.3 Å². The summed E-state index contributed by atoms with van der Waals surface area (Å²) in [5, 5.41) is 3.02. The minimum absolute atomic E-state index is 0.00189. The topological polar surface area (TPSA) is 48.1 Å². The molecule has 4 heteroatoms. The molecule has 0 saturated carbocycles. The van der Waals surface area contributed by atoms with E-state index in [-0.39, 0.29) is 11.6 Å². The maximum atomic E-state index is 5.76. The van der Waals surface area contributed by atoms with Gasteiger partial charge in [-0.05, 0) is 20.3 Å². The van der Waals surface area contributed by atoms with Crippen LogP contribution in [-0.4, -0.2) is 12.1 Å². The summed E-state index contributed by atoms with van der Waals surface area (Å²) >= 11 is 1.62. The molecule has 3 nitrogen and oxygen atoms in total. The van der Waals surface area contributed by atoms with Crippen LogP contribution < -0.4 is 5.73 Å². The van der Waals surface area contributed by atoms with E-state index in [0.29, 0.717) is 0 Å². The number of nitrogens with zero attached hydrogens (tertiary/aromatic N) is 1. The summed E-state index contributed by atoms with van der Waals surface area (Å²) in [4.78, 5) is 4.49. The van der Waals surface area contributed by atoms with Crippen LogP contribution in [0.4, 0.5) is 0 Å². The van der Waals surface area contributed by atoms with Gasteiger partial charge in [-0.2, -0.15) is 0 Å². The molecule has 0 fully saturated rings. The predicted molar refractivity (Wildman–Crippen MR) is 59.4 cm³/mol. The van der Waals surface area contributed by atoms with Crippen molar-refractivity contribution in [2.45, 2.75) is 38.8 Å². The quantitative estimate of drug-likeness (QED) is 0.837. The first kappa shape index (κ1) is 11.6. The summed E-state index contributed by atoms with van der Waals surface area (Å²) in [7, 11) is 1.72. The summed E-state index contributed by atoms with van der Waals surface area (Å²) < 4.78 is 5.47. The highest BCUT2D eigenvalue weighted by molar-refractivity contribution is 7.09. The lowest BCUT2D eigenvalue weighted by Crippen LogP contribution is -2.23. The molecule has 0 spiro atoms. The minimum Gasteiger partial charge on any atom is -0.371 e. The summed E-state index contributed by atoms with van der Waals surface area (Å²) in [5.41, 5.74) is 6.44. The van der Waals surface area contributed by atoms with Crippen LogP contribution in [0.1, 0.15) is 43.9 Å². The SMILES string of the molecule is CCC(C)(OC)c1nc(C(C)N)cs1. The van der Waals surface area contributed by atoms with Gasteiger partial charge in [0.15, 0.2) is 0 Å². The van der Waals surface area contributed by atoms with Crippen LogP contribution in [0.25, 0.3) is 0 Å². The summed E-state index contributed by atoms with van der Waals surface area (Å²) in [5.74, 6) is 0. The second-order valence-electron chi connectivity index (χ2n) is 3.65. The predicted octanol–water partition coefficient (Wildman–Crippen LogP) is 2.43. The van der Waals surface area contributed by atoms with Crippen LogP contribution in [0.2, 0.25) is 0 Å². The molecule has 2 unspecified atom stereocenters. The molecule has 1 rings (SSSR count). The van der Waals surface area contributed by atoms with E-state index in [1.54, 1.807) is 18.4 Å². The van der Waals surface area contributed by atoms with Crippen molar-refractivity contribution in [3.8, 4) is 0 Å². The molecule has 0 aromatic carbocycles. The normalized spacial score (nSPS) is 17.8. The number of hydrogen-bond acceptors (Lipinski definition) is 4. The number of methoxy groups -OCH3 is 1. The van der Waals surface area contributed by atoms with Crippen molar-refractivity contribution in [2.75, 3.05) is 7.11 Å². The second-order valence-corrected chi connectivity index (χ2v) is 4.51. The smallest absolute Gasteiger partial charge is 0.125 e. The highest BCUT2D eigenvalue weighted by atomic mass is 32.1. The third kappa shape index (κ3) is 2.13. The average molecular weight is 214 g/mol. The van der Waals surface area contributed by atoms with Crippen LogP contribution >= 0.6 is 11.3 Å². The Morgan fingerprint density at radius 1 is 1.71 bits per heavy atom. The van der Waals surface area contributed by atoms with E-state index in [4.69, 9.17) is 10.5 Å². The number of thiazole rings is 1. The van der Waals surface area contributed by atoms with E-state index in [1.807, 2.05) is 12.3 Å². The van der Waals surface area contributed by atoms with Crippen molar-refractivity contribution < 1.29 is 4.74 Å². The van der Waals surface area contributed by atoms with E-state index in [0.717, 1.165) is 17.1 Å². The fourth-order valence-corrected chi connectivity index (χ4v) is 2.26. The molecule has 0 saturated heterocycles. The van der Waals surface area contributed by atoms with Gasteiger partial charge < -0.3 is 10.5 Å². The average Bonchev–Trinajstić information content (AvgIpc) is 2.66. The van der Waals surface area contributed by atoms with Crippen LogP contribution in [0, 0.1) is 0 Å². The number of nitrogens with two attached hydrogens (primary N) is 1. The Morgan fingerprint density at radius 2 is 2.36 bits per heavy atom. The van der Waals surface area contributed by atoms with Crippen LogP contribution in [0.15, 0.2) is 5.38 Å². The van der Waals surface area contributed by atoms with E-state index < -0.39 is 0 Å². The zero-order valence-electron chi connectivity index (χ0n) is 9.20. The fourth-order valence-electron chi connectivity index (χ4n) is 1.12. The Kier molecular flexibility index (Phi) is 3.64. The summed E-state index contributed by atoms with van der Waals surface area (Å²) in [6.45, 7) is 6.09. The molecule has 1 aromatic heterocycles. The summed E-state index contributed by atoms with van der Waals surface area (Å²) in [6, 6.07) is -0.00189. The zero-order valence-corrected chi connectivity index (χ0v) is 10.0. The number of aromatic nitrogens is 1. The van der Waals surface area contributed by atoms with Gasteiger partial charge >= 0.3 is 0 Å². The lowest BCUT2D eigenvalue weighted by molar-refractivity contribution is -0.00169. The molecule has 0 aliphatic carbocycles. The molecule has 80 valence electrons. The first-order valence-electron chi connectivity index (χ1n) is 4.80. The van der Waals surface area contributed by atoms with Gasteiger partial charge in [0.25, 0.3) is 0 Å². The van der Waals surface area contributed by atoms with Crippen LogP contribution in [0.3, 0.4) is 0 Å². The zero-order chi connectivity index (χ0) is 10.8. The maximum Gasteiger partial charge on any atom is 0.125 e. The second kappa shape index (κ2) is 4.38. The van der Waals surface area contributed by atoms with Gasteiger partial charge in [-0.1, -0.05) is 6.92 Å². The Bertz CT molecular complexity index is 292. The Balaban J connectivity index is 2.95. The number of hydrogen-bond donors (Lipinski definition) is 1. The van der Waals surface area contributed by atoms with Crippen molar-refractivity contribution in [2.24, 2.45) is 5.73 Å². The molecule has 2 atom stereocenters. The fraction of sp³-hybridized carbons (Fsp3) is 0.700. The molecule has 1 heterocycles. The largest absolute Gasteiger partial charge is 0.371 e. The molecular formula is C10H18N2OS. The van der Waals surface area contributed by atoms with Gasteiger partial charge in [-0.15, -0.1) is 11.3 Å². The molecule has 14 heavy (non-hydrogen) atoms. The first-order chi connectivity index (χ1) is 6.53. The van der Waals surface area contributed by atoms with Crippen molar-refractivity contribution >= 4 is 11.3 Å². The molecule has 1 aromatic rings. The van der Waals surface area contributed by atoms with E-state index in [9.17, 15) is 0 Å². The van der Waals surface area contributed by atoms with Crippen molar-refractivity contribution in [1.29, 1.82) is 0 Å². The monoisotopic (exact) mass is 214 g/mol.